The quantitative estimate of drug-likeness (QED) is 0.732. The molecule has 0 atom stereocenters. The van der Waals surface area contributed by atoms with E-state index in [-0.39, 0.29) is 17.2 Å². The number of nitrogens with zero attached hydrogens (tertiary/aromatic N) is 1. The van der Waals surface area contributed by atoms with E-state index in [2.05, 4.69) is 39.3 Å². The zero-order chi connectivity index (χ0) is 14.8. The highest BCUT2D eigenvalue weighted by Gasteiger charge is 2.18. The fourth-order valence-corrected chi connectivity index (χ4v) is 2.33. The Morgan fingerprint density at radius 2 is 1.89 bits per heavy atom. The number of hydrogen-bond acceptors (Lipinski definition) is 1. The van der Waals surface area contributed by atoms with E-state index in [0.717, 1.165) is 23.4 Å². The molecule has 1 aromatic rings. The lowest BCUT2D eigenvalue weighted by molar-refractivity contribution is 0.419. The maximum Gasteiger partial charge on any atom is 0.127 e. The highest BCUT2D eigenvalue weighted by Crippen LogP contribution is 2.30. The zero-order valence-corrected chi connectivity index (χ0v) is 13.0. The van der Waals surface area contributed by atoms with Crippen LogP contribution in [0.1, 0.15) is 51.7 Å². The van der Waals surface area contributed by atoms with Gasteiger partial charge in [-0.25, -0.2) is 4.39 Å². The van der Waals surface area contributed by atoms with Gasteiger partial charge in [-0.05, 0) is 29.0 Å². The molecule has 0 aliphatic heterocycles. The van der Waals surface area contributed by atoms with Gasteiger partial charge < -0.3 is 4.90 Å². The summed E-state index contributed by atoms with van der Waals surface area (Å²) in [6, 6.07) is 3.56. The van der Waals surface area contributed by atoms with Crippen molar-refractivity contribution in [3.8, 4) is 0 Å². The molecular weight excluding hydrogens is 237 g/mol. The minimum absolute atomic E-state index is 0.141. The second kappa shape index (κ2) is 5.77. The van der Waals surface area contributed by atoms with Crippen molar-refractivity contribution in [1.82, 2.24) is 0 Å². The fraction of sp³-hybridized carbons (Fsp3) is 0.529. The van der Waals surface area contributed by atoms with E-state index in [1.807, 2.05) is 19.9 Å². The molecule has 0 radical (unpaired) electrons. The summed E-state index contributed by atoms with van der Waals surface area (Å²) in [6.45, 7) is 15.3. The number of rotatable bonds is 4. The van der Waals surface area contributed by atoms with Crippen molar-refractivity contribution in [1.29, 1.82) is 0 Å². The molecule has 106 valence electrons. The molecule has 19 heavy (non-hydrogen) atoms. The van der Waals surface area contributed by atoms with E-state index in [0.29, 0.717) is 0 Å². The summed E-state index contributed by atoms with van der Waals surface area (Å²) in [5, 5.41) is 0. The van der Waals surface area contributed by atoms with Crippen LogP contribution in [0.15, 0.2) is 18.7 Å². The Bertz CT molecular complexity index is 455. The Balaban J connectivity index is 3.24. The van der Waals surface area contributed by atoms with E-state index in [1.54, 1.807) is 12.1 Å². The molecule has 2 heteroatoms. The van der Waals surface area contributed by atoms with Crippen molar-refractivity contribution in [2.75, 3.05) is 18.5 Å². The summed E-state index contributed by atoms with van der Waals surface area (Å²) >= 11 is 0. The maximum atomic E-state index is 14.0. The maximum absolute atomic E-state index is 14.0. The van der Waals surface area contributed by atoms with Gasteiger partial charge in [0, 0.05) is 24.8 Å². The van der Waals surface area contributed by atoms with Gasteiger partial charge in [0.25, 0.3) is 0 Å². The molecule has 0 spiro atoms. The average Bonchev–Trinajstić information content (AvgIpc) is 2.25. The third-order valence-corrected chi connectivity index (χ3v) is 3.11. The van der Waals surface area contributed by atoms with Gasteiger partial charge in [0.1, 0.15) is 5.82 Å². The van der Waals surface area contributed by atoms with Crippen LogP contribution in [-0.2, 0) is 0 Å². The smallest absolute Gasteiger partial charge is 0.127 e. The number of hydrogen-bond donors (Lipinski definition) is 0. The third kappa shape index (κ3) is 4.09. The van der Waals surface area contributed by atoms with Gasteiger partial charge in [-0.15, -0.1) is 0 Å². The van der Waals surface area contributed by atoms with Gasteiger partial charge in [-0.1, -0.05) is 47.3 Å². The Kier molecular flexibility index (Phi) is 4.78. The lowest BCUT2D eigenvalue weighted by Gasteiger charge is -2.30. The minimum atomic E-state index is -0.141. The predicted molar refractivity (Wildman–Crippen MR) is 83.3 cm³/mol. The molecule has 0 fully saturated rings. The van der Waals surface area contributed by atoms with Crippen molar-refractivity contribution in [3.63, 3.8) is 0 Å². The summed E-state index contributed by atoms with van der Waals surface area (Å²) in [4.78, 5) is 2.18. The van der Waals surface area contributed by atoms with Gasteiger partial charge in [0.05, 0.1) is 0 Å². The lowest BCUT2D eigenvalue weighted by Crippen LogP contribution is -2.29. The standard InChI is InChI=1S/C17H26FN/c1-8-13-9-15(18)14(12(2)3)10-16(13)19(7)11-17(4,5)6/h8-10,12H,1,11H2,2-7H3. The van der Waals surface area contributed by atoms with Crippen LogP contribution < -0.4 is 4.90 Å². The first-order valence-corrected chi connectivity index (χ1v) is 6.82. The van der Waals surface area contributed by atoms with Crippen LogP contribution in [0, 0.1) is 11.2 Å². The van der Waals surface area contributed by atoms with Crippen LogP contribution >= 0.6 is 0 Å². The summed E-state index contributed by atoms with van der Waals surface area (Å²) in [5.41, 5.74) is 2.87. The van der Waals surface area contributed by atoms with Crippen molar-refractivity contribution >= 4 is 11.8 Å². The average molecular weight is 263 g/mol. The van der Waals surface area contributed by atoms with E-state index >= 15 is 0 Å². The van der Waals surface area contributed by atoms with Gasteiger partial charge in [-0.2, -0.15) is 0 Å². The van der Waals surface area contributed by atoms with E-state index < -0.39 is 0 Å². The Hall–Kier alpha value is -1.31. The first-order chi connectivity index (χ1) is 8.65. The van der Waals surface area contributed by atoms with Crippen LogP contribution in [0.4, 0.5) is 10.1 Å². The van der Waals surface area contributed by atoms with Crippen LogP contribution in [-0.4, -0.2) is 13.6 Å². The van der Waals surface area contributed by atoms with Crippen molar-refractivity contribution in [3.05, 3.63) is 35.7 Å². The molecule has 0 aromatic heterocycles. The predicted octanol–water partition coefficient (Wildman–Crippen LogP) is 5.07. The molecule has 0 heterocycles. The van der Waals surface area contributed by atoms with Crippen LogP contribution in [0.2, 0.25) is 0 Å². The SMILES string of the molecule is C=Cc1cc(F)c(C(C)C)cc1N(C)CC(C)(C)C. The summed E-state index contributed by atoms with van der Waals surface area (Å²) in [7, 11) is 2.05. The lowest BCUT2D eigenvalue weighted by atomic mass is 9.94. The molecule has 0 aliphatic carbocycles. The van der Waals surface area contributed by atoms with E-state index in [1.165, 1.54) is 0 Å². The number of benzene rings is 1. The van der Waals surface area contributed by atoms with Crippen molar-refractivity contribution in [2.24, 2.45) is 5.41 Å². The topological polar surface area (TPSA) is 3.24 Å². The number of halogens is 1. The van der Waals surface area contributed by atoms with E-state index in [9.17, 15) is 4.39 Å². The van der Waals surface area contributed by atoms with Crippen LogP contribution in [0.5, 0.6) is 0 Å². The molecule has 0 saturated heterocycles. The second-order valence-corrected chi connectivity index (χ2v) is 6.71. The van der Waals surface area contributed by atoms with Crippen LogP contribution in [0.25, 0.3) is 6.08 Å². The van der Waals surface area contributed by atoms with E-state index in [4.69, 9.17) is 0 Å². The Labute approximate surface area is 117 Å². The van der Waals surface area contributed by atoms with Gasteiger partial charge in [0.15, 0.2) is 0 Å². The molecule has 0 N–H and O–H groups in total. The normalized spacial score (nSPS) is 11.8. The second-order valence-electron chi connectivity index (χ2n) is 6.71. The molecular formula is C17H26FN. The first kappa shape index (κ1) is 15.7. The van der Waals surface area contributed by atoms with Crippen molar-refractivity contribution in [2.45, 2.75) is 40.5 Å². The zero-order valence-electron chi connectivity index (χ0n) is 13.0. The summed E-state index contributed by atoms with van der Waals surface area (Å²) in [6.07, 6.45) is 1.72. The van der Waals surface area contributed by atoms with Gasteiger partial charge >= 0.3 is 0 Å². The third-order valence-electron chi connectivity index (χ3n) is 3.11. The first-order valence-electron chi connectivity index (χ1n) is 6.82. The summed E-state index contributed by atoms with van der Waals surface area (Å²) < 4.78 is 14.0. The monoisotopic (exact) mass is 263 g/mol. The molecule has 0 bridgehead atoms. The highest BCUT2D eigenvalue weighted by molar-refractivity contribution is 5.68. The molecule has 0 amide bonds. The largest absolute Gasteiger partial charge is 0.374 e. The molecule has 1 nitrogen and oxygen atoms in total. The Morgan fingerprint density at radius 3 is 2.32 bits per heavy atom. The minimum Gasteiger partial charge on any atom is -0.374 e. The molecule has 0 saturated carbocycles. The number of anilines is 1. The molecule has 1 aromatic carbocycles. The highest BCUT2D eigenvalue weighted by atomic mass is 19.1. The van der Waals surface area contributed by atoms with Crippen LogP contribution in [0.3, 0.4) is 0 Å². The van der Waals surface area contributed by atoms with Gasteiger partial charge in [-0.3, -0.25) is 0 Å². The summed E-state index contributed by atoms with van der Waals surface area (Å²) in [5.74, 6) is 0.0402. The fourth-order valence-electron chi connectivity index (χ4n) is 2.33. The molecule has 1 rings (SSSR count). The van der Waals surface area contributed by atoms with Crippen molar-refractivity contribution < 1.29 is 4.39 Å². The Morgan fingerprint density at radius 1 is 1.32 bits per heavy atom. The van der Waals surface area contributed by atoms with Gasteiger partial charge in [0.2, 0.25) is 0 Å². The molecule has 0 unspecified atom stereocenters. The molecule has 0 aliphatic rings.